The number of thiazole rings is 1. The van der Waals surface area contributed by atoms with Gasteiger partial charge in [-0.25, -0.2) is 4.98 Å². The van der Waals surface area contributed by atoms with Gasteiger partial charge >= 0.3 is 0 Å². The van der Waals surface area contributed by atoms with Crippen LogP contribution in [0.1, 0.15) is 34.5 Å². The Morgan fingerprint density at radius 3 is 3.08 bits per heavy atom. The van der Waals surface area contributed by atoms with Crippen LogP contribution in [0, 0.1) is 0 Å². The third-order valence-electron chi connectivity index (χ3n) is 4.31. The minimum atomic E-state index is -0.133. The van der Waals surface area contributed by atoms with Crippen molar-refractivity contribution >= 4 is 28.1 Å². The average molecular weight is 354 g/mol. The molecule has 128 valence electrons. The highest BCUT2D eigenvalue weighted by Gasteiger charge is 2.20. The van der Waals surface area contributed by atoms with Gasteiger partial charge in [0, 0.05) is 42.8 Å². The van der Waals surface area contributed by atoms with E-state index in [9.17, 15) is 9.59 Å². The van der Waals surface area contributed by atoms with Crippen molar-refractivity contribution in [3.05, 3.63) is 58.9 Å². The largest absolute Gasteiger partial charge is 0.346 e. The lowest BCUT2D eigenvalue weighted by Gasteiger charge is -2.16. The summed E-state index contributed by atoms with van der Waals surface area (Å²) in [6, 6.07) is 7.45. The molecule has 0 unspecified atom stereocenters. The van der Waals surface area contributed by atoms with E-state index in [4.69, 9.17) is 0 Å². The monoisotopic (exact) mass is 354 g/mol. The lowest BCUT2D eigenvalue weighted by Crippen LogP contribution is -2.25. The number of hydrogen-bond acceptors (Lipinski definition) is 4. The third-order valence-corrected chi connectivity index (χ3v) is 5.08. The molecule has 25 heavy (non-hydrogen) atoms. The van der Waals surface area contributed by atoms with Gasteiger partial charge in [0.15, 0.2) is 4.96 Å². The minimum Gasteiger partial charge on any atom is -0.346 e. The molecule has 4 rings (SSSR count). The van der Waals surface area contributed by atoms with Crippen molar-refractivity contribution in [2.45, 2.75) is 25.9 Å². The Labute approximate surface area is 149 Å². The second-order valence-electron chi connectivity index (χ2n) is 6.13. The molecule has 2 amide bonds. The summed E-state index contributed by atoms with van der Waals surface area (Å²) in [7, 11) is 0. The van der Waals surface area contributed by atoms with Crippen LogP contribution in [0.5, 0.6) is 0 Å². The number of rotatable bonds is 5. The fourth-order valence-corrected chi connectivity index (χ4v) is 3.76. The first-order valence-corrected chi connectivity index (χ1v) is 9.13. The molecule has 0 spiro atoms. The second kappa shape index (κ2) is 6.68. The number of amides is 2. The second-order valence-corrected chi connectivity index (χ2v) is 7.00. The highest BCUT2D eigenvalue weighted by Crippen LogP contribution is 2.15. The van der Waals surface area contributed by atoms with Gasteiger partial charge in [-0.3, -0.25) is 14.0 Å². The molecule has 0 atom stereocenters. The predicted octanol–water partition coefficient (Wildman–Crippen LogP) is 2.45. The fraction of sp³-hybridized carbons (Fsp3) is 0.278. The van der Waals surface area contributed by atoms with Crippen LogP contribution in [0.3, 0.4) is 0 Å². The van der Waals surface area contributed by atoms with Crippen LogP contribution < -0.4 is 5.32 Å². The summed E-state index contributed by atoms with van der Waals surface area (Å²) in [5.74, 6) is 0.0561. The summed E-state index contributed by atoms with van der Waals surface area (Å²) < 4.78 is 1.94. The highest BCUT2D eigenvalue weighted by molar-refractivity contribution is 7.15. The van der Waals surface area contributed by atoms with Gasteiger partial charge in [-0.2, -0.15) is 0 Å². The Kier molecular flexibility index (Phi) is 4.23. The van der Waals surface area contributed by atoms with E-state index < -0.39 is 0 Å². The number of benzene rings is 1. The van der Waals surface area contributed by atoms with Gasteiger partial charge in [-0.15, -0.1) is 11.3 Å². The van der Waals surface area contributed by atoms with Gasteiger partial charge in [-0.1, -0.05) is 12.1 Å². The van der Waals surface area contributed by atoms with Crippen LogP contribution in [0.2, 0.25) is 0 Å². The number of carbonyl (C=O) groups is 2. The standard InChI is InChI=1S/C18H18N4O2S/c23-16-5-2-6-21(16)11-13-3-1-4-14(9-13)17(24)19-10-15-12-22-7-8-25-18(22)20-15/h1,3-4,7-9,12H,2,5-6,10-11H2,(H,19,24). The van der Waals surface area contributed by atoms with Crippen molar-refractivity contribution in [1.29, 1.82) is 0 Å². The number of imidazole rings is 1. The van der Waals surface area contributed by atoms with E-state index in [1.807, 2.05) is 45.3 Å². The van der Waals surface area contributed by atoms with Crippen molar-refractivity contribution in [2.75, 3.05) is 6.54 Å². The van der Waals surface area contributed by atoms with Gasteiger partial charge in [0.05, 0.1) is 12.2 Å². The topological polar surface area (TPSA) is 66.7 Å². The zero-order valence-corrected chi connectivity index (χ0v) is 14.5. The Balaban J connectivity index is 1.40. The maximum absolute atomic E-state index is 12.4. The third kappa shape index (κ3) is 3.41. The van der Waals surface area contributed by atoms with Gasteiger partial charge < -0.3 is 10.2 Å². The minimum absolute atomic E-state index is 0.133. The molecule has 7 heteroatoms. The van der Waals surface area contributed by atoms with E-state index in [2.05, 4.69) is 10.3 Å². The number of aromatic nitrogens is 2. The summed E-state index contributed by atoms with van der Waals surface area (Å²) >= 11 is 1.56. The van der Waals surface area contributed by atoms with E-state index in [0.29, 0.717) is 25.1 Å². The number of fused-ring (bicyclic) bond motifs is 1. The molecule has 3 aromatic rings. The number of likely N-dealkylation sites (tertiary alicyclic amines) is 1. The van der Waals surface area contributed by atoms with Crippen LogP contribution in [-0.4, -0.2) is 32.6 Å². The van der Waals surface area contributed by atoms with E-state index in [0.717, 1.165) is 29.2 Å². The summed E-state index contributed by atoms with van der Waals surface area (Å²) in [4.78, 5) is 31.4. The molecule has 3 heterocycles. The normalized spacial score (nSPS) is 14.4. The van der Waals surface area contributed by atoms with E-state index >= 15 is 0 Å². The van der Waals surface area contributed by atoms with Gasteiger partial charge in [0.2, 0.25) is 5.91 Å². The number of nitrogens with zero attached hydrogens (tertiary/aromatic N) is 3. The summed E-state index contributed by atoms with van der Waals surface area (Å²) in [6.45, 7) is 1.76. The SMILES string of the molecule is O=C(NCc1cn2ccsc2n1)c1cccc(CN2CCCC2=O)c1. The predicted molar refractivity (Wildman–Crippen MR) is 95.3 cm³/mol. The quantitative estimate of drug-likeness (QED) is 0.765. The Bertz CT molecular complexity index is 901. The molecule has 1 N–H and O–H groups in total. The molecule has 1 aliphatic rings. The summed E-state index contributed by atoms with van der Waals surface area (Å²) in [5, 5.41) is 4.88. The van der Waals surface area contributed by atoms with Crippen molar-refractivity contribution in [1.82, 2.24) is 19.6 Å². The van der Waals surface area contributed by atoms with Crippen molar-refractivity contribution in [3.8, 4) is 0 Å². The molecular formula is C18H18N4O2S. The van der Waals surface area contributed by atoms with E-state index in [-0.39, 0.29) is 11.8 Å². The molecule has 1 fully saturated rings. The van der Waals surface area contributed by atoms with Crippen LogP contribution >= 0.6 is 11.3 Å². The molecule has 1 saturated heterocycles. The van der Waals surface area contributed by atoms with Crippen LogP contribution in [0.15, 0.2) is 42.0 Å². The molecule has 0 bridgehead atoms. The van der Waals surface area contributed by atoms with E-state index in [1.165, 1.54) is 0 Å². The number of carbonyl (C=O) groups excluding carboxylic acids is 2. The molecule has 1 aromatic carbocycles. The summed E-state index contributed by atoms with van der Waals surface area (Å²) in [5.41, 5.74) is 2.41. The maximum atomic E-state index is 12.4. The summed E-state index contributed by atoms with van der Waals surface area (Å²) in [6.07, 6.45) is 5.41. The number of nitrogens with one attached hydrogen (secondary N) is 1. The molecule has 0 radical (unpaired) electrons. The molecule has 6 nitrogen and oxygen atoms in total. The Morgan fingerprint density at radius 1 is 1.36 bits per heavy atom. The average Bonchev–Trinajstić information content (AvgIpc) is 3.30. The molecule has 0 aliphatic carbocycles. The Hall–Kier alpha value is -2.67. The van der Waals surface area contributed by atoms with Gasteiger partial charge in [-0.05, 0) is 24.1 Å². The van der Waals surface area contributed by atoms with Gasteiger partial charge in [0.1, 0.15) is 0 Å². The fourth-order valence-electron chi connectivity index (χ4n) is 3.04. The van der Waals surface area contributed by atoms with Crippen molar-refractivity contribution in [3.63, 3.8) is 0 Å². The van der Waals surface area contributed by atoms with Crippen LogP contribution in [0.4, 0.5) is 0 Å². The van der Waals surface area contributed by atoms with Crippen molar-refractivity contribution < 1.29 is 9.59 Å². The smallest absolute Gasteiger partial charge is 0.251 e. The molecule has 1 aliphatic heterocycles. The Morgan fingerprint density at radius 2 is 2.28 bits per heavy atom. The lowest BCUT2D eigenvalue weighted by atomic mass is 10.1. The van der Waals surface area contributed by atoms with Gasteiger partial charge in [0.25, 0.3) is 5.91 Å². The van der Waals surface area contributed by atoms with Crippen LogP contribution in [-0.2, 0) is 17.9 Å². The molecule has 2 aromatic heterocycles. The first-order valence-electron chi connectivity index (χ1n) is 8.25. The first kappa shape index (κ1) is 15.8. The first-order chi connectivity index (χ1) is 12.2. The van der Waals surface area contributed by atoms with E-state index in [1.54, 1.807) is 17.4 Å². The highest BCUT2D eigenvalue weighted by atomic mass is 32.1. The lowest BCUT2D eigenvalue weighted by molar-refractivity contribution is -0.128. The maximum Gasteiger partial charge on any atom is 0.251 e. The van der Waals surface area contributed by atoms with Crippen molar-refractivity contribution in [2.24, 2.45) is 0 Å². The van der Waals surface area contributed by atoms with Crippen LogP contribution in [0.25, 0.3) is 4.96 Å². The zero-order valence-electron chi connectivity index (χ0n) is 13.6. The molecular weight excluding hydrogens is 336 g/mol. The number of hydrogen-bond donors (Lipinski definition) is 1. The zero-order chi connectivity index (χ0) is 17.2. The molecule has 0 saturated carbocycles.